The number of hydrogen-bond donors (Lipinski definition) is 1. The van der Waals surface area contributed by atoms with Gasteiger partial charge in [-0.2, -0.15) is 0 Å². The number of ketones is 1. The average Bonchev–Trinajstić information content (AvgIpc) is 2.95. The van der Waals surface area contributed by atoms with Gasteiger partial charge in [0.15, 0.2) is 10.9 Å². The van der Waals surface area contributed by atoms with Crippen molar-refractivity contribution in [2.75, 3.05) is 11.9 Å². The van der Waals surface area contributed by atoms with E-state index in [1.165, 1.54) is 18.3 Å². The van der Waals surface area contributed by atoms with E-state index in [4.69, 9.17) is 16.3 Å². The second-order valence-corrected chi connectivity index (χ2v) is 6.34. The standard InChI is InChI=1S/C15H13ClN2O3S/c1-8(19)12-7-22-15(17-12)18-14(20)10-4-9-5-11(16)2-3-13(9)21-6-10/h2-3,5,7,10H,4,6H2,1H3,(H,17,18,20)/t10-/m1/s1. The second-order valence-electron chi connectivity index (χ2n) is 5.05. The first kappa shape index (κ1) is 15.0. The number of nitrogens with one attached hydrogen (secondary N) is 1. The van der Waals surface area contributed by atoms with Gasteiger partial charge >= 0.3 is 0 Å². The molecule has 0 spiro atoms. The molecule has 5 nitrogen and oxygen atoms in total. The largest absolute Gasteiger partial charge is 0.492 e. The summed E-state index contributed by atoms with van der Waals surface area (Å²) in [4.78, 5) is 27.6. The van der Waals surface area contributed by atoms with Crippen LogP contribution in [0.15, 0.2) is 23.6 Å². The molecular weight excluding hydrogens is 324 g/mol. The van der Waals surface area contributed by atoms with Gasteiger partial charge in [-0.1, -0.05) is 11.6 Å². The van der Waals surface area contributed by atoms with Crippen molar-refractivity contribution in [3.63, 3.8) is 0 Å². The molecular formula is C15H13ClN2O3S. The summed E-state index contributed by atoms with van der Waals surface area (Å²) in [6.45, 7) is 1.75. The lowest BCUT2D eigenvalue weighted by Crippen LogP contribution is -2.32. The number of hydrogen-bond acceptors (Lipinski definition) is 5. The first-order chi connectivity index (χ1) is 10.5. The maximum absolute atomic E-state index is 12.3. The zero-order chi connectivity index (χ0) is 15.7. The van der Waals surface area contributed by atoms with E-state index in [-0.39, 0.29) is 17.6 Å². The lowest BCUT2D eigenvalue weighted by molar-refractivity contribution is -0.121. The van der Waals surface area contributed by atoms with Gasteiger partial charge in [0, 0.05) is 17.3 Å². The Morgan fingerprint density at radius 3 is 3.00 bits per heavy atom. The van der Waals surface area contributed by atoms with E-state index in [0.29, 0.717) is 28.9 Å². The Morgan fingerprint density at radius 1 is 1.45 bits per heavy atom. The van der Waals surface area contributed by atoms with Crippen LogP contribution >= 0.6 is 22.9 Å². The highest BCUT2D eigenvalue weighted by Gasteiger charge is 2.26. The molecule has 1 aliphatic heterocycles. The third-order valence-corrected chi connectivity index (χ3v) is 4.39. The lowest BCUT2D eigenvalue weighted by atomic mass is 9.96. The summed E-state index contributed by atoms with van der Waals surface area (Å²) in [6.07, 6.45) is 0.562. The Morgan fingerprint density at radius 2 is 2.27 bits per heavy atom. The van der Waals surface area contributed by atoms with Crippen LogP contribution in [0, 0.1) is 5.92 Å². The number of carbonyl (C=O) groups is 2. The summed E-state index contributed by atoms with van der Waals surface area (Å²) < 4.78 is 5.60. The Labute approximate surface area is 136 Å². The number of rotatable bonds is 3. The first-order valence-corrected chi connectivity index (χ1v) is 7.97. The number of amides is 1. The van der Waals surface area contributed by atoms with Crippen molar-refractivity contribution >= 4 is 39.8 Å². The minimum atomic E-state index is -0.310. The van der Waals surface area contributed by atoms with Crippen LogP contribution in [0.25, 0.3) is 0 Å². The van der Waals surface area contributed by atoms with Gasteiger partial charge in [0.05, 0.1) is 5.92 Å². The van der Waals surface area contributed by atoms with Crippen LogP contribution in [0.3, 0.4) is 0 Å². The molecule has 1 aromatic heterocycles. The van der Waals surface area contributed by atoms with Crippen molar-refractivity contribution in [3.8, 4) is 5.75 Å². The fourth-order valence-electron chi connectivity index (χ4n) is 2.23. The zero-order valence-electron chi connectivity index (χ0n) is 11.8. The van der Waals surface area contributed by atoms with E-state index in [1.54, 1.807) is 11.4 Å². The van der Waals surface area contributed by atoms with Crippen molar-refractivity contribution < 1.29 is 14.3 Å². The van der Waals surface area contributed by atoms with Gasteiger partial charge in [-0.15, -0.1) is 11.3 Å². The third kappa shape index (κ3) is 3.13. The van der Waals surface area contributed by atoms with E-state index in [9.17, 15) is 9.59 Å². The highest BCUT2D eigenvalue weighted by molar-refractivity contribution is 7.14. The number of carbonyl (C=O) groups excluding carboxylic acids is 2. The fourth-order valence-corrected chi connectivity index (χ4v) is 3.18. The van der Waals surface area contributed by atoms with Gasteiger partial charge in [0.2, 0.25) is 5.91 Å². The highest BCUT2D eigenvalue weighted by atomic mass is 35.5. The smallest absolute Gasteiger partial charge is 0.233 e. The van der Waals surface area contributed by atoms with Crippen molar-refractivity contribution in [1.82, 2.24) is 4.98 Å². The fraction of sp³-hybridized carbons (Fsp3) is 0.267. The van der Waals surface area contributed by atoms with Gasteiger partial charge < -0.3 is 10.1 Å². The summed E-state index contributed by atoms with van der Waals surface area (Å²) in [5, 5.41) is 5.41. The van der Waals surface area contributed by atoms with E-state index in [2.05, 4.69) is 10.3 Å². The molecule has 1 aliphatic rings. The lowest BCUT2D eigenvalue weighted by Gasteiger charge is -2.24. The summed E-state index contributed by atoms with van der Waals surface area (Å²) in [5.41, 5.74) is 1.28. The molecule has 1 N–H and O–H groups in total. The molecule has 0 bridgehead atoms. The van der Waals surface area contributed by atoms with Crippen molar-refractivity contribution in [3.05, 3.63) is 39.9 Å². The molecule has 3 rings (SSSR count). The van der Waals surface area contributed by atoms with E-state index in [1.807, 2.05) is 12.1 Å². The predicted molar refractivity (Wildman–Crippen MR) is 84.9 cm³/mol. The SMILES string of the molecule is CC(=O)c1csc(NC(=O)[C@H]2COc3ccc(Cl)cc3C2)n1. The Balaban J connectivity index is 1.69. The van der Waals surface area contributed by atoms with Crippen LogP contribution in [0.2, 0.25) is 5.02 Å². The van der Waals surface area contributed by atoms with Crippen LogP contribution in [0.1, 0.15) is 23.0 Å². The minimum absolute atomic E-state index is 0.124. The van der Waals surface area contributed by atoms with Crippen LogP contribution in [0.5, 0.6) is 5.75 Å². The number of anilines is 1. The number of nitrogens with zero attached hydrogens (tertiary/aromatic N) is 1. The normalized spacial score (nSPS) is 16.5. The molecule has 0 unspecified atom stereocenters. The van der Waals surface area contributed by atoms with Crippen molar-refractivity contribution in [1.29, 1.82) is 0 Å². The van der Waals surface area contributed by atoms with Gasteiger partial charge in [-0.05, 0) is 30.2 Å². The number of fused-ring (bicyclic) bond motifs is 1. The molecule has 0 aliphatic carbocycles. The topological polar surface area (TPSA) is 68.3 Å². The number of ether oxygens (including phenoxy) is 1. The molecule has 0 fully saturated rings. The quantitative estimate of drug-likeness (QED) is 0.874. The molecule has 1 amide bonds. The Bertz CT molecular complexity index is 744. The molecule has 0 saturated heterocycles. The maximum Gasteiger partial charge on any atom is 0.233 e. The summed E-state index contributed by atoms with van der Waals surface area (Å²) >= 11 is 7.20. The molecule has 7 heteroatoms. The number of halogens is 1. The summed E-state index contributed by atoms with van der Waals surface area (Å²) in [7, 11) is 0. The van der Waals surface area contributed by atoms with E-state index < -0.39 is 0 Å². The number of benzene rings is 1. The van der Waals surface area contributed by atoms with Crippen LogP contribution in [-0.4, -0.2) is 23.3 Å². The predicted octanol–water partition coefficient (Wildman–Crippen LogP) is 3.19. The van der Waals surface area contributed by atoms with Gasteiger partial charge in [-0.25, -0.2) is 4.98 Å². The van der Waals surface area contributed by atoms with Crippen LogP contribution in [0.4, 0.5) is 5.13 Å². The molecule has 2 aromatic rings. The molecule has 1 aromatic carbocycles. The van der Waals surface area contributed by atoms with Crippen molar-refractivity contribution in [2.45, 2.75) is 13.3 Å². The number of Topliss-reactive ketones (excluding diaryl/α,β-unsaturated/α-hetero) is 1. The van der Waals surface area contributed by atoms with Gasteiger partial charge in [0.25, 0.3) is 0 Å². The Kier molecular flexibility index (Phi) is 4.13. The molecule has 114 valence electrons. The zero-order valence-corrected chi connectivity index (χ0v) is 13.3. The summed E-state index contributed by atoms with van der Waals surface area (Å²) in [5.74, 6) is 0.161. The number of aromatic nitrogens is 1. The van der Waals surface area contributed by atoms with E-state index >= 15 is 0 Å². The van der Waals surface area contributed by atoms with Gasteiger partial charge in [-0.3, -0.25) is 9.59 Å². The molecule has 0 radical (unpaired) electrons. The third-order valence-electron chi connectivity index (χ3n) is 3.39. The Hall–Kier alpha value is -1.92. The molecule has 2 heterocycles. The van der Waals surface area contributed by atoms with Crippen LogP contribution in [-0.2, 0) is 11.2 Å². The second kappa shape index (κ2) is 6.06. The minimum Gasteiger partial charge on any atom is -0.492 e. The molecule has 0 saturated carbocycles. The van der Waals surface area contributed by atoms with Crippen molar-refractivity contribution in [2.24, 2.45) is 5.92 Å². The summed E-state index contributed by atoms with van der Waals surface area (Å²) in [6, 6.07) is 5.39. The maximum atomic E-state index is 12.3. The first-order valence-electron chi connectivity index (χ1n) is 6.71. The monoisotopic (exact) mass is 336 g/mol. The molecule has 22 heavy (non-hydrogen) atoms. The average molecular weight is 337 g/mol. The van der Waals surface area contributed by atoms with Crippen LogP contribution < -0.4 is 10.1 Å². The van der Waals surface area contributed by atoms with Gasteiger partial charge in [0.1, 0.15) is 18.1 Å². The number of thiazole rings is 1. The van der Waals surface area contributed by atoms with E-state index in [0.717, 1.165) is 11.3 Å². The highest BCUT2D eigenvalue weighted by Crippen LogP contribution is 2.30. The molecule has 1 atom stereocenters.